The summed E-state index contributed by atoms with van der Waals surface area (Å²) >= 11 is 0. The van der Waals surface area contributed by atoms with Gasteiger partial charge >= 0.3 is 0 Å². The Bertz CT molecular complexity index is 403. The Morgan fingerprint density at radius 3 is 3.00 bits per heavy atom. The van der Waals surface area contributed by atoms with Crippen LogP contribution in [0.5, 0.6) is 0 Å². The van der Waals surface area contributed by atoms with E-state index in [0.717, 1.165) is 12.8 Å². The Morgan fingerprint density at radius 2 is 2.29 bits per heavy atom. The van der Waals surface area contributed by atoms with Crippen molar-refractivity contribution in [2.75, 3.05) is 13.2 Å². The molecule has 0 radical (unpaired) electrons. The summed E-state index contributed by atoms with van der Waals surface area (Å²) in [6, 6.07) is 8.09. The highest BCUT2D eigenvalue weighted by Gasteiger charge is 2.31. The molecule has 0 aliphatic heterocycles. The topological polar surface area (TPSA) is 49.3 Å². The van der Waals surface area contributed by atoms with Crippen molar-refractivity contribution in [3.05, 3.63) is 35.4 Å². The van der Waals surface area contributed by atoms with Gasteiger partial charge in [-0.2, -0.15) is 0 Å². The molecule has 2 unspecified atom stereocenters. The number of aliphatic hydroxyl groups is 1. The molecule has 2 atom stereocenters. The van der Waals surface area contributed by atoms with Gasteiger partial charge in [0.1, 0.15) is 0 Å². The minimum Gasteiger partial charge on any atom is -0.396 e. The predicted molar refractivity (Wildman–Crippen MR) is 66.8 cm³/mol. The Morgan fingerprint density at radius 1 is 1.53 bits per heavy atom. The molecule has 0 spiro atoms. The van der Waals surface area contributed by atoms with Crippen molar-refractivity contribution in [3.8, 4) is 0 Å². The molecule has 1 amide bonds. The number of benzene rings is 1. The lowest BCUT2D eigenvalue weighted by Crippen LogP contribution is -2.37. The number of fused-ring (bicyclic) bond motifs is 1. The zero-order valence-electron chi connectivity index (χ0n) is 10.1. The second-order valence-electron chi connectivity index (χ2n) is 4.82. The van der Waals surface area contributed by atoms with Crippen molar-refractivity contribution in [1.82, 2.24) is 5.32 Å². The Labute approximate surface area is 102 Å². The van der Waals surface area contributed by atoms with Crippen molar-refractivity contribution in [1.29, 1.82) is 0 Å². The number of hydrogen-bond acceptors (Lipinski definition) is 2. The van der Waals surface area contributed by atoms with Gasteiger partial charge in [-0.3, -0.25) is 4.79 Å². The van der Waals surface area contributed by atoms with E-state index in [2.05, 4.69) is 11.4 Å². The quantitative estimate of drug-likeness (QED) is 0.809. The van der Waals surface area contributed by atoms with E-state index in [-0.39, 0.29) is 18.4 Å². The maximum Gasteiger partial charge on any atom is 0.227 e. The number of carbonyl (C=O) groups is 1. The summed E-state index contributed by atoms with van der Waals surface area (Å²) in [5.74, 6) is 0.486. The fourth-order valence-corrected chi connectivity index (χ4v) is 2.21. The molecule has 2 N–H and O–H groups in total. The predicted octanol–water partition coefficient (Wildman–Crippen LogP) is 1.46. The molecule has 3 heteroatoms. The summed E-state index contributed by atoms with van der Waals surface area (Å²) in [6.07, 6.45) is 1.60. The highest BCUT2D eigenvalue weighted by atomic mass is 16.3. The van der Waals surface area contributed by atoms with Crippen LogP contribution in [0.2, 0.25) is 0 Å². The molecule has 0 heterocycles. The second-order valence-corrected chi connectivity index (χ2v) is 4.82. The van der Waals surface area contributed by atoms with Crippen LogP contribution in [0.1, 0.15) is 30.4 Å². The highest BCUT2D eigenvalue weighted by Crippen LogP contribution is 2.34. The SMILES string of the molecule is CC(CCO)CNC(=O)C1Cc2ccccc21. The van der Waals surface area contributed by atoms with Gasteiger partial charge < -0.3 is 10.4 Å². The molecular weight excluding hydrogens is 214 g/mol. The van der Waals surface area contributed by atoms with Crippen molar-refractivity contribution in [2.24, 2.45) is 5.92 Å². The fraction of sp³-hybridized carbons (Fsp3) is 0.500. The third kappa shape index (κ3) is 2.67. The average Bonchev–Trinajstić information content (AvgIpc) is 2.28. The van der Waals surface area contributed by atoms with E-state index in [4.69, 9.17) is 5.11 Å². The first-order valence-electron chi connectivity index (χ1n) is 6.18. The number of hydrogen-bond donors (Lipinski definition) is 2. The number of rotatable bonds is 5. The lowest BCUT2D eigenvalue weighted by molar-refractivity contribution is -0.123. The molecule has 1 aliphatic carbocycles. The summed E-state index contributed by atoms with van der Waals surface area (Å²) < 4.78 is 0. The minimum atomic E-state index is 0.0347. The summed E-state index contributed by atoms with van der Waals surface area (Å²) in [4.78, 5) is 11.9. The van der Waals surface area contributed by atoms with E-state index in [0.29, 0.717) is 12.5 Å². The van der Waals surface area contributed by atoms with E-state index >= 15 is 0 Å². The van der Waals surface area contributed by atoms with Crippen molar-refractivity contribution in [2.45, 2.75) is 25.7 Å². The summed E-state index contributed by atoms with van der Waals surface area (Å²) in [5, 5.41) is 11.7. The highest BCUT2D eigenvalue weighted by molar-refractivity contribution is 5.86. The van der Waals surface area contributed by atoms with E-state index in [9.17, 15) is 4.79 Å². The zero-order chi connectivity index (χ0) is 12.3. The largest absolute Gasteiger partial charge is 0.396 e. The lowest BCUT2D eigenvalue weighted by atomic mass is 9.77. The van der Waals surface area contributed by atoms with Crippen LogP contribution in [-0.4, -0.2) is 24.2 Å². The average molecular weight is 233 g/mol. The Hall–Kier alpha value is -1.35. The molecule has 17 heavy (non-hydrogen) atoms. The van der Waals surface area contributed by atoms with Crippen LogP contribution in [0.3, 0.4) is 0 Å². The molecule has 1 aliphatic rings. The van der Waals surface area contributed by atoms with Gasteiger partial charge in [0.15, 0.2) is 0 Å². The van der Waals surface area contributed by atoms with Crippen molar-refractivity contribution < 1.29 is 9.90 Å². The fourth-order valence-electron chi connectivity index (χ4n) is 2.21. The first-order chi connectivity index (χ1) is 8.22. The monoisotopic (exact) mass is 233 g/mol. The summed E-state index contributed by atoms with van der Waals surface area (Å²) in [5.41, 5.74) is 2.45. The van der Waals surface area contributed by atoms with Crippen molar-refractivity contribution in [3.63, 3.8) is 0 Å². The van der Waals surface area contributed by atoms with E-state index in [1.165, 1.54) is 11.1 Å². The molecule has 0 bridgehead atoms. The molecule has 2 rings (SSSR count). The van der Waals surface area contributed by atoms with Gasteiger partial charge in [-0.05, 0) is 29.9 Å². The van der Waals surface area contributed by atoms with Crippen LogP contribution in [0, 0.1) is 5.92 Å². The van der Waals surface area contributed by atoms with Crippen LogP contribution < -0.4 is 5.32 Å². The maximum atomic E-state index is 11.9. The second kappa shape index (κ2) is 5.32. The maximum absolute atomic E-state index is 11.9. The molecule has 92 valence electrons. The lowest BCUT2D eigenvalue weighted by Gasteiger charge is -2.29. The molecule has 0 fully saturated rings. The number of carbonyl (C=O) groups excluding carboxylic acids is 1. The van der Waals surface area contributed by atoms with E-state index < -0.39 is 0 Å². The summed E-state index contributed by atoms with van der Waals surface area (Å²) in [6.45, 7) is 2.87. The van der Waals surface area contributed by atoms with Gasteiger partial charge in [-0.1, -0.05) is 31.2 Å². The van der Waals surface area contributed by atoms with E-state index in [1.54, 1.807) is 0 Å². The molecule has 1 aromatic rings. The van der Waals surface area contributed by atoms with Crippen LogP contribution in [0.15, 0.2) is 24.3 Å². The third-order valence-corrected chi connectivity index (χ3v) is 3.42. The standard InChI is InChI=1S/C14H19NO2/c1-10(6-7-16)9-15-14(17)13-8-11-4-2-3-5-12(11)13/h2-5,10,13,16H,6-9H2,1H3,(H,15,17). The molecule has 0 saturated carbocycles. The molecule has 3 nitrogen and oxygen atoms in total. The van der Waals surface area contributed by atoms with Crippen LogP contribution in [-0.2, 0) is 11.2 Å². The van der Waals surface area contributed by atoms with Gasteiger partial charge in [-0.15, -0.1) is 0 Å². The van der Waals surface area contributed by atoms with Crippen molar-refractivity contribution >= 4 is 5.91 Å². The molecule has 1 aromatic carbocycles. The zero-order valence-corrected chi connectivity index (χ0v) is 10.1. The molecular formula is C14H19NO2. The van der Waals surface area contributed by atoms with Gasteiger partial charge in [0.25, 0.3) is 0 Å². The number of amides is 1. The minimum absolute atomic E-state index is 0.0347. The Kier molecular flexibility index (Phi) is 3.79. The van der Waals surface area contributed by atoms with Gasteiger partial charge in [0, 0.05) is 13.2 Å². The van der Waals surface area contributed by atoms with Crippen LogP contribution in [0.4, 0.5) is 0 Å². The van der Waals surface area contributed by atoms with Gasteiger partial charge in [0.05, 0.1) is 5.92 Å². The van der Waals surface area contributed by atoms with E-state index in [1.807, 2.05) is 25.1 Å². The van der Waals surface area contributed by atoms with Gasteiger partial charge in [-0.25, -0.2) is 0 Å². The number of aliphatic hydroxyl groups excluding tert-OH is 1. The van der Waals surface area contributed by atoms with Crippen LogP contribution >= 0.6 is 0 Å². The van der Waals surface area contributed by atoms with Gasteiger partial charge in [0.2, 0.25) is 5.91 Å². The van der Waals surface area contributed by atoms with Crippen LogP contribution in [0.25, 0.3) is 0 Å². The first-order valence-corrected chi connectivity index (χ1v) is 6.18. The molecule has 0 saturated heterocycles. The normalized spacial score (nSPS) is 19.1. The smallest absolute Gasteiger partial charge is 0.227 e. The third-order valence-electron chi connectivity index (χ3n) is 3.42. The summed E-state index contributed by atoms with van der Waals surface area (Å²) in [7, 11) is 0. The first kappa shape index (κ1) is 12.1. The Balaban J connectivity index is 1.83. The number of nitrogens with one attached hydrogen (secondary N) is 1. The molecule has 0 aromatic heterocycles.